The molecule has 0 rings (SSSR count). The second-order valence-corrected chi connectivity index (χ2v) is 7.69. The largest absolute Gasteiger partial charge is 1.00 e. The van der Waals surface area contributed by atoms with Crippen LogP contribution in [-0.2, 0) is 0 Å². The van der Waals surface area contributed by atoms with Crippen LogP contribution >= 0.6 is 11.6 Å². The van der Waals surface area contributed by atoms with Crippen molar-refractivity contribution < 1.29 is 21.5 Å². The highest BCUT2D eigenvalue weighted by Gasteiger charge is 2.13. The molecule has 1 nitrogen and oxygen atoms in total. The zero-order valence-corrected chi connectivity index (χ0v) is 17.9. The van der Waals surface area contributed by atoms with Crippen LogP contribution < -0.4 is 17.0 Å². The van der Waals surface area contributed by atoms with Gasteiger partial charge in [-0.1, -0.05) is 58.3 Å². The van der Waals surface area contributed by atoms with E-state index in [9.17, 15) is 0 Å². The van der Waals surface area contributed by atoms with E-state index < -0.39 is 0 Å². The lowest BCUT2D eigenvalue weighted by Gasteiger charge is -2.30. The van der Waals surface area contributed by atoms with Crippen LogP contribution in [0.5, 0.6) is 0 Å². The van der Waals surface area contributed by atoms with E-state index in [2.05, 4.69) is 21.0 Å². The molecule has 22 heavy (non-hydrogen) atoms. The summed E-state index contributed by atoms with van der Waals surface area (Å²) in [6.45, 7) is 4.95. The third-order valence-corrected chi connectivity index (χ3v) is 4.78. The molecule has 0 amide bonds. The fraction of sp³-hybridized carbons (Fsp3) is 1.00. The van der Waals surface area contributed by atoms with Crippen LogP contribution in [0.4, 0.5) is 0 Å². The van der Waals surface area contributed by atoms with Gasteiger partial charge in [-0.25, -0.2) is 0 Å². The molecular formula is C19H41BrClN. The number of hydrogen-bond donors (Lipinski definition) is 0. The van der Waals surface area contributed by atoms with Gasteiger partial charge in [0.1, 0.15) is 0 Å². The summed E-state index contributed by atoms with van der Waals surface area (Å²) in [4.78, 5) is 0. The fourth-order valence-electron chi connectivity index (χ4n) is 2.95. The van der Waals surface area contributed by atoms with Crippen molar-refractivity contribution in [1.82, 2.24) is 0 Å². The molecule has 0 N–H and O–H groups in total. The molecule has 0 aromatic rings. The number of hydrogen-bond acceptors (Lipinski definition) is 0. The van der Waals surface area contributed by atoms with E-state index in [4.69, 9.17) is 11.6 Å². The van der Waals surface area contributed by atoms with Crippen LogP contribution in [0.15, 0.2) is 0 Å². The van der Waals surface area contributed by atoms with Crippen LogP contribution in [0.1, 0.15) is 90.4 Å². The molecule has 0 saturated heterocycles. The fourth-order valence-corrected chi connectivity index (χ4v) is 3.14. The Morgan fingerprint density at radius 2 is 0.955 bits per heavy atom. The van der Waals surface area contributed by atoms with E-state index in [1.54, 1.807) is 0 Å². The molecule has 0 heterocycles. The number of halogens is 2. The van der Waals surface area contributed by atoms with Crippen molar-refractivity contribution in [3.8, 4) is 0 Å². The van der Waals surface area contributed by atoms with Gasteiger partial charge in [0.2, 0.25) is 0 Å². The summed E-state index contributed by atoms with van der Waals surface area (Å²) in [6, 6.07) is 0. The van der Waals surface area contributed by atoms with Gasteiger partial charge in [-0.3, -0.25) is 0 Å². The second-order valence-electron chi connectivity index (χ2n) is 7.31. The van der Waals surface area contributed by atoms with Gasteiger partial charge in [-0.2, -0.15) is 0 Å². The van der Waals surface area contributed by atoms with E-state index in [0.717, 1.165) is 5.88 Å². The lowest BCUT2D eigenvalue weighted by Crippen LogP contribution is -3.00. The lowest BCUT2D eigenvalue weighted by atomic mass is 10.1. The molecule has 0 fully saturated rings. The standard InChI is InChI=1S/C19H41ClN.BrH/c1-4-5-6-7-8-9-10-11-12-15-18-21(2,3)19-16-13-14-17-20;/h4-19H2,1-3H3;1H/q+1;/p-1. The molecule has 0 spiro atoms. The first-order chi connectivity index (χ1) is 10.1. The highest BCUT2D eigenvalue weighted by atomic mass is 79.9. The Hall–Kier alpha value is 0.730. The van der Waals surface area contributed by atoms with E-state index in [1.807, 2.05) is 0 Å². The van der Waals surface area contributed by atoms with E-state index in [0.29, 0.717) is 0 Å². The SMILES string of the molecule is CCCCCCCCCCCC[N+](C)(C)CCCCCCl.[Br-]. The molecule has 0 aromatic heterocycles. The molecular weight excluding hydrogens is 358 g/mol. The van der Waals surface area contributed by atoms with Crippen LogP contribution in [-0.4, -0.2) is 37.5 Å². The van der Waals surface area contributed by atoms with Gasteiger partial charge in [0.25, 0.3) is 0 Å². The topological polar surface area (TPSA) is 0 Å². The number of alkyl halides is 1. The van der Waals surface area contributed by atoms with Crippen LogP contribution in [0, 0.1) is 0 Å². The summed E-state index contributed by atoms with van der Waals surface area (Å²) in [6.07, 6.45) is 18.2. The summed E-state index contributed by atoms with van der Waals surface area (Å²) in [5.41, 5.74) is 0. The van der Waals surface area contributed by atoms with Gasteiger partial charge < -0.3 is 21.5 Å². The van der Waals surface area contributed by atoms with Crippen LogP contribution in [0.2, 0.25) is 0 Å². The number of unbranched alkanes of at least 4 members (excludes halogenated alkanes) is 11. The average Bonchev–Trinajstić information content (AvgIpc) is 2.45. The van der Waals surface area contributed by atoms with E-state index in [-0.39, 0.29) is 17.0 Å². The molecule has 0 aliphatic carbocycles. The molecule has 0 aliphatic heterocycles. The van der Waals surface area contributed by atoms with Crippen molar-refractivity contribution >= 4 is 11.6 Å². The predicted molar refractivity (Wildman–Crippen MR) is 98.3 cm³/mol. The number of rotatable bonds is 16. The summed E-state index contributed by atoms with van der Waals surface area (Å²) in [5, 5.41) is 0. The molecule has 0 saturated carbocycles. The minimum absolute atomic E-state index is 0. The van der Waals surface area contributed by atoms with Crippen molar-refractivity contribution in [2.75, 3.05) is 33.1 Å². The quantitative estimate of drug-likeness (QED) is 0.212. The third-order valence-electron chi connectivity index (χ3n) is 4.51. The molecule has 0 aliphatic rings. The van der Waals surface area contributed by atoms with Gasteiger partial charge in [0.15, 0.2) is 0 Å². The number of nitrogens with zero attached hydrogens (tertiary/aromatic N) is 1. The zero-order chi connectivity index (χ0) is 15.8. The third kappa shape index (κ3) is 18.8. The molecule has 0 unspecified atom stereocenters. The molecule has 3 heteroatoms. The smallest absolute Gasteiger partial charge is 0.0782 e. The molecule has 0 radical (unpaired) electrons. The van der Waals surface area contributed by atoms with Gasteiger partial charge in [-0.05, 0) is 32.1 Å². The first-order valence-electron chi connectivity index (χ1n) is 9.50. The minimum Gasteiger partial charge on any atom is -1.00 e. The summed E-state index contributed by atoms with van der Waals surface area (Å²) in [7, 11) is 4.77. The Morgan fingerprint density at radius 1 is 0.591 bits per heavy atom. The first kappa shape index (κ1) is 25.0. The maximum Gasteiger partial charge on any atom is 0.0782 e. The van der Waals surface area contributed by atoms with Crippen LogP contribution in [0.3, 0.4) is 0 Å². The van der Waals surface area contributed by atoms with Gasteiger partial charge in [0, 0.05) is 5.88 Å². The molecule has 0 bridgehead atoms. The van der Waals surface area contributed by atoms with Crippen molar-refractivity contribution in [3.05, 3.63) is 0 Å². The summed E-state index contributed by atoms with van der Waals surface area (Å²) < 4.78 is 1.19. The summed E-state index contributed by atoms with van der Waals surface area (Å²) in [5.74, 6) is 0.825. The minimum atomic E-state index is 0. The Morgan fingerprint density at radius 3 is 1.36 bits per heavy atom. The Balaban J connectivity index is 0. The number of quaternary nitrogens is 1. The van der Waals surface area contributed by atoms with Gasteiger partial charge in [0.05, 0.1) is 27.2 Å². The van der Waals surface area contributed by atoms with Gasteiger partial charge >= 0.3 is 0 Å². The second kappa shape index (κ2) is 18.1. The van der Waals surface area contributed by atoms with E-state index >= 15 is 0 Å². The average molecular weight is 399 g/mol. The highest BCUT2D eigenvalue weighted by Crippen LogP contribution is 2.12. The summed E-state index contributed by atoms with van der Waals surface area (Å²) >= 11 is 5.73. The first-order valence-corrected chi connectivity index (χ1v) is 10.0. The normalized spacial score (nSPS) is 11.5. The van der Waals surface area contributed by atoms with Crippen molar-refractivity contribution in [2.24, 2.45) is 0 Å². The van der Waals surface area contributed by atoms with Crippen molar-refractivity contribution in [3.63, 3.8) is 0 Å². The van der Waals surface area contributed by atoms with Gasteiger partial charge in [-0.15, -0.1) is 11.6 Å². The predicted octanol–water partition coefficient (Wildman–Crippen LogP) is 3.40. The Labute approximate surface area is 156 Å². The Kier molecular flexibility index (Phi) is 20.5. The van der Waals surface area contributed by atoms with Crippen LogP contribution in [0.25, 0.3) is 0 Å². The maximum absolute atomic E-state index is 5.73. The molecule has 0 aromatic carbocycles. The zero-order valence-electron chi connectivity index (χ0n) is 15.5. The van der Waals surface area contributed by atoms with E-state index in [1.165, 1.54) is 101 Å². The molecule has 136 valence electrons. The van der Waals surface area contributed by atoms with Crippen molar-refractivity contribution in [1.29, 1.82) is 0 Å². The highest BCUT2D eigenvalue weighted by molar-refractivity contribution is 6.17. The Bertz CT molecular complexity index is 210. The monoisotopic (exact) mass is 397 g/mol. The lowest BCUT2D eigenvalue weighted by molar-refractivity contribution is -0.890. The molecule has 0 atom stereocenters. The maximum atomic E-state index is 5.73. The van der Waals surface area contributed by atoms with Crippen molar-refractivity contribution in [2.45, 2.75) is 90.4 Å².